The molecule has 1 N–H and O–H groups in total. The van der Waals surface area contributed by atoms with E-state index in [1.165, 1.54) is 11.1 Å². The number of fused-ring (bicyclic) bond motifs is 4. The molecule has 4 rings (SSSR count). The van der Waals surface area contributed by atoms with Crippen molar-refractivity contribution in [1.82, 2.24) is 0 Å². The summed E-state index contributed by atoms with van der Waals surface area (Å²) in [5, 5.41) is 10.4. The van der Waals surface area contributed by atoms with Crippen LogP contribution in [0, 0.1) is 11.3 Å². The molecule has 0 amide bonds. The van der Waals surface area contributed by atoms with Crippen LogP contribution in [0.4, 0.5) is 0 Å². The zero-order valence-electron chi connectivity index (χ0n) is 14.6. The normalized spacial score (nSPS) is 30.8. The van der Waals surface area contributed by atoms with Crippen LogP contribution in [0.2, 0.25) is 0 Å². The quantitative estimate of drug-likeness (QED) is 0.441. The van der Waals surface area contributed by atoms with E-state index in [1.54, 1.807) is 12.1 Å². The molecule has 3 atom stereocenters. The van der Waals surface area contributed by atoms with Crippen molar-refractivity contribution >= 4 is 16.0 Å². The van der Waals surface area contributed by atoms with Crippen molar-refractivity contribution in [2.75, 3.05) is 0 Å². The number of aliphatic hydroxyl groups is 1. The molecule has 0 radical (unpaired) electrons. The molecule has 0 unspecified atom stereocenters. The molecule has 130 valence electrons. The molecule has 3 aliphatic rings. The summed E-state index contributed by atoms with van der Waals surface area (Å²) in [4.78, 5) is 0. The maximum absolute atomic E-state index is 10.8. The third-order valence-electron chi connectivity index (χ3n) is 6.27. The van der Waals surface area contributed by atoms with Gasteiger partial charge in [0.05, 0.1) is 6.10 Å². The van der Waals surface area contributed by atoms with E-state index < -0.39 is 10.4 Å². The first-order valence-corrected chi connectivity index (χ1v) is 9.80. The molecule has 5 nitrogen and oxygen atoms in total. The standard InChI is InChI=1S/C18H22O5S.Na/c1-18-9-8-14-13-5-3-12(23-24(20,21)22)10-11(13)2-4-15(14)16(18)6-7-17(18)19;/h3,5,10,16-17,19H,2,4,6-9H2,1H3,(H,20,21,22);/q;+1/p-1/t16-,17-,18-;/m0./s1. The third-order valence-corrected chi connectivity index (χ3v) is 6.67. The van der Waals surface area contributed by atoms with Gasteiger partial charge in [0.1, 0.15) is 5.75 Å². The second-order valence-electron chi connectivity index (χ2n) is 7.47. The maximum Gasteiger partial charge on any atom is 1.00 e. The van der Waals surface area contributed by atoms with Crippen molar-refractivity contribution in [2.45, 2.75) is 51.6 Å². The van der Waals surface area contributed by atoms with E-state index in [1.807, 2.05) is 6.07 Å². The van der Waals surface area contributed by atoms with Crippen molar-refractivity contribution in [3.8, 4) is 5.75 Å². The molecule has 0 aliphatic heterocycles. The summed E-state index contributed by atoms with van der Waals surface area (Å²) < 4.78 is 36.8. The molecule has 7 heteroatoms. The molecular formula is C18H21NaO5S. The molecule has 0 aromatic heterocycles. The summed E-state index contributed by atoms with van der Waals surface area (Å²) in [6.45, 7) is 2.21. The first-order valence-electron chi connectivity index (χ1n) is 8.46. The predicted octanol–water partition coefficient (Wildman–Crippen LogP) is -0.200. The van der Waals surface area contributed by atoms with Gasteiger partial charge in [0, 0.05) is 5.41 Å². The topological polar surface area (TPSA) is 86.7 Å². The Labute approximate surface area is 170 Å². The minimum atomic E-state index is -4.74. The zero-order valence-corrected chi connectivity index (χ0v) is 17.4. The summed E-state index contributed by atoms with van der Waals surface area (Å²) >= 11 is 0. The van der Waals surface area contributed by atoms with Crippen LogP contribution in [-0.2, 0) is 16.8 Å². The minimum absolute atomic E-state index is 0. The van der Waals surface area contributed by atoms with Crippen LogP contribution in [0.1, 0.15) is 50.2 Å². The Balaban J connectivity index is 0.00000182. The van der Waals surface area contributed by atoms with Crippen molar-refractivity contribution in [1.29, 1.82) is 0 Å². The largest absolute Gasteiger partial charge is 1.00 e. The predicted molar refractivity (Wildman–Crippen MR) is 88.1 cm³/mol. The Hall–Kier alpha value is -0.370. The van der Waals surface area contributed by atoms with Crippen LogP contribution < -0.4 is 33.7 Å². The van der Waals surface area contributed by atoms with E-state index in [-0.39, 0.29) is 46.8 Å². The van der Waals surface area contributed by atoms with Gasteiger partial charge in [-0.15, -0.1) is 0 Å². The Kier molecular flexibility index (Phi) is 5.17. The van der Waals surface area contributed by atoms with Gasteiger partial charge in [-0.2, -0.15) is 0 Å². The molecule has 1 aromatic rings. The summed E-state index contributed by atoms with van der Waals surface area (Å²) in [7, 11) is -4.74. The van der Waals surface area contributed by atoms with E-state index in [0.717, 1.165) is 49.7 Å². The Morgan fingerprint density at radius 1 is 1.24 bits per heavy atom. The average Bonchev–Trinajstić information content (AvgIpc) is 2.81. The number of aryl methyl sites for hydroxylation is 1. The van der Waals surface area contributed by atoms with E-state index in [4.69, 9.17) is 0 Å². The van der Waals surface area contributed by atoms with Gasteiger partial charge >= 0.3 is 29.6 Å². The first kappa shape index (κ1) is 19.4. The van der Waals surface area contributed by atoms with E-state index >= 15 is 0 Å². The average molecular weight is 372 g/mol. The second-order valence-corrected chi connectivity index (χ2v) is 8.45. The molecule has 0 spiro atoms. The molecule has 3 aliphatic carbocycles. The fourth-order valence-electron chi connectivity index (χ4n) is 5.04. The van der Waals surface area contributed by atoms with Crippen LogP contribution in [0.25, 0.3) is 5.57 Å². The molecule has 0 heterocycles. The van der Waals surface area contributed by atoms with Crippen LogP contribution in [0.5, 0.6) is 5.75 Å². The van der Waals surface area contributed by atoms with Gasteiger partial charge in [0.25, 0.3) is 10.4 Å². The van der Waals surface area contributed by atoms with Crippen molar-refractivity contribution in [3.05, 3.63) is 34.9 Å². The van der Waals surface area contributed by atoms with Crippen LogP contribution in [0.15, 0.2) is 23.8 Å². The molecule has 0 bridgehead atoms. The Morgan fingerprint density at radius 2 is 2.00 bits per heavy atom. The minimum Gasteiger partial charge on any atom is -0.716 e. The molecule has 1 saturated carbocycles. The van der Waals surface area contributed by atoms with Crippen LogP contribution in [0.3, 0.4) is 0 Å². The third kappa shape index (κ3) is 3.33. The number of hydrogen-bond donors (Lipinski definition) is 1. The molecule has 1 aromatic carbocycles. The van der Waals surface area contributed by atoms with Gasteiger partial charge in [-0.1, -0.05) is 18.6 Å². The number of rotatable bonds is 2. The van der Waals surface area contributed by atoms with Gasteiger partial charge in [-0.05, 0) is 73.3 Å². The molecule has 25 heavy (non-hydrogen) atoms. The number of allylic oxidation sites excluding steroid dienone is 2. The fraction of sp³-hybridized carbons (Fsp3) is 0.556. The second kappa shape index (κ2) is 6.66. The molecule has 1 fully saturated rings. The SMILES string of the molecule is C[C@]12CCC3=C(CCc4cc(OS(=O)(=O)[O-])ccc43)[C@@H]1CC[C@@H]2O.[Na+]. The van der Waals surface area contributed by atoms with E-state index in [0.29, 0.717) is 5.92 Å². The summed E-state index contributed by atoms with van der Waals surface area (Å²) in [5.74, 6) is 0.534. The van der Waals surface area contributed by atoms with E-state index in [2.05, 4.69) is 11.1 Å². The Bertz CT molecular complexity index is 832. The summed E-state index contributed by atoms with van der Waals surface area (Å²) in [6.07, 6.45) is 5.36. The number of aliphatic hydroxyl groups excluding tert-OH is 1. The molecular weight excluding hydrogens is 351 g/mol. The summed E-state index contributed by atoms with van der Waals surface area (Å²) in [5.41, 5.74) is 5.00. The molecule has 0 saturated heterocycles. The summed E-state index contributed by atoms with van der Waals surface area (Å²) in [6, 6.07) is 5.10. The van der Waals surface area contributed by atoms with Gasteiger partial charge in [0.2, 0.25) is 0 Å². The first-order chi connectivity index (χ1) is 11.3. The monoisotopic (exact) mass is 372 g/mol. The van der Waals surface area contributed by atoms with Gasteiger partial charge in [-0.25, -0.2) is 8.42 Å². The van der Waals surface area contributed by atoms with Crippen molar-refractivity contribution in [2.24, 2.45) is 11.3 Å². The van der Waals surface area contributed by atoms with Gasteiger partial charge < -0.3 is 13.8 Å². The Morgan fingerprint density at radius 3 is 2.72 bits per heavy atom. The van der Waals surface area contributed by atoms with Crippen molar-refractivity contribution in [3.63, 3.8) is 0 Å². The smallest absolute Gasteiger partial charge is 0.716 e. The van der Waals surface area contributed by atoms with E-state index in [9.17, 15) is 18.1 Å². The number of hydrogen-bond acceptors (Lipinski definition) is 5. The van der Waals surface area contributed by atoms with Crippen LogP contribution in [-0.4, -0.2) is 24.2 Å². The van der Waals surface area contributed by atoms with Gasteiger partial charge in [-0.3, -0.25) is 0 Å². The number of benzene rings is 1. The fourth-order valence-corrected chi connectivity index (χ4v) is 5.38. The van der Waals surface area contributed by atoms with Crippen molar-refractivity contribution < 1.29 is 51.8 Å². The zero-order chi connectivity index (χ0) is 17.1. The van der Waals surface area contributed by atoms with Crippen LogP contribution >= 0.6 is 0 Å². The van der Waals surface area contributed by atoms with Gasteiger partial charge in [0.15, 0.2) is 0 Å². The maximum atomic E-state index is 10.8.